The number of rotatable bonds is 10. The van der Waals surface area contributed by atoms with Crippen molar-refractivity contribution in [2.24, 2.45) is 0 Å². The lowest BCUT2D eigenvalue weighted by Crippen LogP contribution is -2.39. The summed E-state index contributed by atoms with van der Waals surface area (Å²) in [5.41, 5.74) is 2.74. The number of ether oxygens (including phenoxy) is 1. The number of nitrogens with zero attached hydrogens (tertiary/aromatic N) is 1. The second-order valence-corrected chi connectivity index (χ2v) is 9.10. The molecule has 6 heteroatoms. The van der Waals surface area contributed by atoms with Gasteiger partial charge in [-0.25, -0.2) is 4.39 Å². The summed E-state index contributed by atoms with van der Waals surface area (Å²) in [7, 11) is 0. The van der Waals surface area contributed by atoms with Gasteiger partial charge in [0.2, 0.25) is 0 Å². The van der Waals surface area contributed by atoms with Crippen molar-refractivity contribution in [1.82, 2.24) is 4.90 Å². The molecule has 1 heterocycles. The molecule has 31 heavy (non-hydrogen) atoms. The van der Waals surface area contributed by atoms with Crippen LogP contribution in [0, 0.1) is 5.82 Å². The van der Waals surface area contributed by atoms with Gasteiger partial charge in [-0.15, -0.1) is 0 Å². The van der Waals surface area contributed by atoms with E-state index in [9.17, 15) is 9.50 Å². The molecule has 1 saturated heterocycles. The topological polar surface area (TPSA) is 32.7 Å². The number of halogens is 3. The summed E-state index contributed by atoms with van der Waals surface area (Å²) < 4.78 is 20.2. The molecule has 1 N–H and O–H groups in total. The third-order valence-corrected chi connectivity index (χ3v) is 6.85. The lowest BCUT2D eigenvalue weighted by atomic mass is 9.98. The fraction of sp³-hybridized carbons (Fsp3) is 0.520. The molecule has 3 nitrogen and oxygen atoms in total. The number of hydrogen-bond donors (Lipinski definition) is 1. The largest absolute Gasteiger partial charge is 0.389 e. The SMILES string of the molecule is CCc1c(F)cccc1[C@@H](CC)OC[C@H](O)CN1CCC[C@H]1Cc1ccc(Cl)c(Cl)c1. The predicted octanol–water partition coefficient (Wildman–Crippen LogP) is 6.23. The zero-order valence-electron chi connectivity index (χ0n) is 18.3. The molecule has 0 aliphatic carbocycles. The predicted molar refractivity (Wildman–Crippen MR) is 126 cm³/mol. The molecule has 0 saturated carbocycles. The maximum absolute atomic E-state index is 14.2. The van der Waals surface area contributed by atoms with Crippen LogP contribution in [0.4, 0.5) is 4.39 Å². The van der Waals surface area contributed by atoms with Gasteiger partial charge in [0.25, 0.3) is 0 Å². The van der Waals surface area contributed by atoms with E-state index in [1.807, 2.05) is 38.1 Å². The van der Waals surface area contributed by atoms with Crippen LogP contribution in [-0.2, 0) is 17.6 Å². The van der Waals surface area contributed by atoms with Crippen molar-refractivity contribution in [1.29, 1.82) is 0 Å². The van der Waals surface area contributed by atoms with Gasteiger partial charge in [0, 0.05) is 12.6 Å². The van der Waals surface area contributed by atoms with Crippen LogP contribution in [0.25, 0.3) is 0 Å². The van der Waals surface area contributed by atoms with E-state index in [1.54, 1.807) is 6.07 Å². The van der Waals surface area contributed by atoms with Crippen LogP contribution in [0.3, 0.4) is 0 Å². The quantitative estimate of drug-likeness (QED) is 0.449. The van der Waals surface area contributed by atoms with Crippen molar-refractivity contribution in [3.05, 3.63) is 69.0 Å². The summed E-state index contributed by atoms with van der Waals surface area (Å²) in [6.45, 7) is 5.73. The minimum absolute atomic E-state index is 0.190. The average Bonchev–Trinajstić information content (AvgIpc) is 3.17. The van der Waals surface area contributed by atoms with Gasteiger partial charge in [-0.05, 0) is 73.5 Å². The number of β-amino-alcohol motifs (C(OH)–C–C–N with tert-alkyl or cyclic N) is 1. The molecule has 1 aliphatic heterocycles. The van der Waals surface area contributed by atoms with Gasteiger partial charge in [-0.2, -0.15) is 0 Å². The van der Waals surface area contributed by atoms with E-state index in [0.29, 0.717) is 34.6 Å². The molecule has 170 valence electrons. The van der Waals surface area contributed by atoms with Crippen molar-refractivity contribution in [3.63, 3.8) is 0 Å². The monoisotopic (exact) mass is 467 g/mol. The van der Waals surface area contributed by atoms with E-state index < -0.39 is 6.10 Å². The molecule has 2 aromatic carbocycles. The van der Waals surface area contributed by atoms with Crippen LogP contribution in [0.2, 0.25) is 10.0 Å². The average molecular weight is 468 g/mol. The summed E-state index contributed by atoms with van der Waals surface area (Å²) in [5.74, 6) is -0.190. The molecule has 1 fully saturated rings. The Morgan fingerprint density at radius 1 is 1.19 bits per heavy atom. The second-order valence-electron chi connectivity index (χ2n) is 8.29. The molecule has 0 radical (unpaired) electrons. The molecule has 0 aromatic heterocycles. The molecule has 0 amide bonds. The molecule has 3 atom stereocenters. The van der Waals surface area contributed by atoms with Gasteiger partial charge < -0.3 is 9.84 Å². The van der Waals surface area contributed by atoms with Gasteiger partial charge in [-0.3, -0.25) is 4.90 Å². The zero-order valence-corrected chi connectivity index (χ0v) is 19.8. The summed E-state index contributed by atoms with van der Waals surface area (Å²) >= 11 is 12.2. The fourth-order valence-electron chi connectivity index (χ4n) is 4.53. The van der Waals surface area contributed by atoms with Crippen molar-refractivity contribution in [3.8, 4) is 0 Å². The lowest BCUT2D eigenvalue weighted by molar-refractivity contribution is -0.0252. The normalized spacial score (nSPS) is 19.0. The van der Waals surface area contributed by atoms with Crippen molar-refractivity contribution in [2.75, 3.05) is 19.7 Å². The van der Waals surface area contributed by atoms with E-state index in [-0.39, 0.29) is 18.5 Å². The fourth-order valence-corrected chi connectivity index (χ4v) is 4.85. The van der Waals surface area contributed by atoms with Crippen LogP contribution >= 0.6 is 23.2 Å². The first-order valence-electron chi connectivity index (χ1n) is 11.2. The molecule has 0 unspecified atom stereocenters. The van der Waals surface area contributed by atoms with E-state index in [0.717, 1.165) is 43.4 Å². The zero-order chi connectivity index (χ0) is 22.4. The minimum Gasteiger partial charge on any atom is -0.389 e. The molecular weight excluding hydrogens is 436 g/mol. The number of hydrogen-bond acceptors (Lipinski definition) is 3. The van der Waals surface area contributed by atoms with E-state index in [2.05, 4.69) is 4.90 Å². The van der Waals surface area contributed by atoms with Gasteiger partial charge in [-0.1, -0.05) is 55.2 Å². The molecule has 3 rings (SSSR count). The van der Waals surface area contributed by atoms with Gasteiger partial charge in [0.15, 0.2) is 0 Å². The highest BCUT2D eigenvalue weighted by molar-refractivity contribution is 6.42. The summed E-state index contributed by atoms with van der Waals surface area (Å²) in [6, 6.07) is 11.3. The van der Waals surface area contributed by atoms with E-state index in [4.69, 9.17) is 27.9 Å². The Balaban J connectivity index is 1.56. The Hall–Kier alpha value is -1.17. The smallest absolute Gasteiger partial charge is 0.126 e. The van der Waals surface area contributed by atoms with Crippen molar-refractivity contribution in [2.45, 2.75) is 64.2 Å². The van der Waals surface area contributed by atoms with Gasteiger partial charge in [0.1, 0.15) is 5.82 Å². The maximum atomic E-state index is 14.2. The first kappa shape index (κ1) is 24.5. The number of aliphatic hydroxyl groups is 1. The molecule has 0 bridgehead atoms. The number of aliphatic hydroxyl groups excluding tert-OH is 1. The second kappa shape index (κ2) is 11.6. The van der Waals surface area contributed by atoms with Crippen molar-refractivity contribution >= 4 is 23.2 Å². The molecule has 2 aromatic rings. The van der Waals surface area contributed by atoms with Crippen LogP contribution < -0.4 is 0 Å². The van der Waals surface area contributed by atoms with E-state index >= 15 is 0 Å². The van der Waals surface area contributed by atoms with Crippen LogP contribution in [0.1, 0.15) is 55.9 Å². The molecule has 1 aliphatic rings. The lowest BCUT2D eigenvalue weighted by Gasteiger charge is -2.28. The summed E-state index contributed by atoms with van der Waals surface area (Å²) in [6.07, 6.45) is 3.62. The summed E-state index contributed by atoms with van der Waals surface area (Å²) in [4.78, 5) is 2.33. The Morgan fingerprint density at radius 3 is 2.71 bits per heavy atom. The Labute approximate surface area is 195 Å². The third kappa shape index (κ3) is 6.43. The van der Waals surface area contributed by atoms with Crippen LogP contribution in [-0.4, -0.2) is 41.8 Å². The highest BCUT2D eigenvalue weighted by atomic mass is 35.5. The highest BCUT2D eigenvalue weighted by Gasteiger charge is 2.27. The van der Waals surface area contributed by atoms with E-state index in [1.165, 1.54) is 6.07 Å². The van der Waals surface area contributed by atoms with Gasteiger partial charge in [0.05, 0.1) is 28.9 Å². The Bertz CT molecular complexity index is 863. The minimum atomic E-state index is -0.595. The third-order valence-electron chi connectivity index (χ3n) is 6.12. The van der Waals surface area contributed by atoms with Crippen LogP contribution in [0.5, 0.6) is 0 Å². The highest BCUT2D eigenvalue weighted by Crippen LogP contribution is 2.28. The molecule has 0 spiro atoms. The maximum Gasteiger partial charge on any atom is 0.126 e. The Morgan fingerprint density at radius 2 is 2.00 bits per heavy atom. The van der Waals surface area contributed by atoms with Crippen molar-refractivity contribution < 1.29 is 14.2 Å². The Kier molecular flexibility index (Phi) is 9.18. The summed E-state index contributed by atoms with van der Waals surface area (Å²) in [5, 5.41) is 11.8. The number of likely N-dealkylation sites (tertiary alicyclic amines) is 1. The van der Waals surface area contributed by atoms with Crippen LogP contribution in [0.15, 0.2) is 36.4 Å². The first-order valence-corrected chi connectivity index (χ1v) is 11.9. The standard InChI is InChI=1S/C25H32Cl2FNO2/c1-3-20-21(8-5-9-24(20)28)25(4-2)31-16-19(30)15-29-12-6-7-18(29)13-17-10-11-22(26)23(27)14-17/h5,8-11,14,18-19,25,30H,3-4,6-7,12-13,15-16H2,1-2H3/t18-,19+,25+/m0/s1. The van der Waals surface area contributed by atoms with Gasteiger partial charge >= 0.3 is 0 Å². The first-order chi connectivity index (χ1) is 14.9. The number of benzene rings is 2. The molecular formula is C25H32Cl2FNO2.